The molecule has 0 saturated carbocycles. The number of morpholine rings is 1. The molecule has 5 nitrogen and oxygen atoms in total. The van der Waals surface area contributed by atoms with Crippen LogP contribution in [0.5, 0.6) is 0 Å². The number of amides is 2. The molecule has 2 N–H and O–H groups in total. The molecule has 1 aromatic carbocycles. The first-order valence-electron chi connectivity index (χ1n) is 5.90. The van der Waals surface area contributed by atoms with Crippen molar-refractivity contribution in [1.29, 1.82) is 0 Å². The molecule has 1 saturated heterocycles. The van der Waals surface area contributed by atoms with E-state index in [2.05, 4.69) is 0 Å². The Morgan fingerprint density at radius 1 is 1.44 bits per heavy atom. The zero-order valence-electron chi connectivity index (χ0n) is 10.2. The van der Waals surface area contributed by atoms with E-state index in [0.717, 1.165) is 5.56 Å². The van der Waals surface area contributed by atoms with Crippen molar-refractivity contribution in [3.8, 4) is 0 Å². The molecule has 2 rings (SSSR count). The van der Waals surface area contributed by atoms with Crippen LogP contribution in [0.15, 0.2) is 30.3 Å². The average Bonchev–Trinajstić information content (AvgIpc) is 2.39. The summed E-state index contributed by atoms with van der Waals surface area (Å²) >= 11 is 0. The van der Waals surface area contributed by atoms with Crippen LogP contribution in [0.2, 0.25) is 0 Å². The zero-order valence-corrected chi connectivity index (χ0v) is 10.2. The number of rotatable bonds is 3. The van der Waals surface area contributed by atoms with Gasteiger partial charge >= 0.3 is 0 Å². The average molecular weight is 248 g/mol. The molecule has 2 amide bonds. The molecule has 18 heavy (non-hydrogen) atoms. The second-order valence-corrected chi connectivity index (χ2v) is 4.17. The van der Waals surface area contributed by atoms with E-state index in [1.165, 1.54) is 0 Å². The fourth-order valence-electron chi connectivity index (χ4n) is 2.27. The lowest BCUT2D eigenvalue weighted by Gasteiger charge is -2.39. The molecule has 5 heteroatoms. The van der Waals surface area contributed by atoms with E-state index in [1.807, 2.05) is 37.3 Å². The Morgan fingerprint density at radius 3 is 2.67 bits per heavy atom. The Morgan fingerprint density at radius 2 is 2.11 bits per heavy atom. The van der Waals surface area contributed by atoms with Gasteiger partial charge in [0.1, 0.15) is 6.61 Å². The number of likely N-dealkylation sites (N-methyl/N-ethyl adjacent to an activating group) is 1. The first-order chi connectivity index (χ1) is 8.65. The monoisotopic (exact) mass is 248 g/mol. The second kappa shape index (κ2) is 5.18. The summed E-state index contributed by atoms with van der Waals surface area (Å²) in [6, 6.07) is 8.90. The van der Waals surface area contributed by atoms with E-state index in [4.69, 9.17) is 10.5 Å². The van der Waals surface area contributed by atoms with Crippen LogP contribution >= 0.6 is 0 Å². The van der Waals surface area contributed by atoms with Crippen molar-refractivity contribution in [3.05, 3.63) is 35.9 Å². The van der Waals surface area contributed by atoms with Gasteiger partial charge in [-0.05, 0) is 12.5 Å². The van der Waals surface area contributed by atoms with E-state index in [9.17, 15) is 9.59 Å². The summed E-state index contributed by atoms with van der Waals surface area (Å²) in [6.45, 7) is 2.30. The minimum atomic E-state index is -0.787. The molecule has 0 spiro atoms. The molecule has 96 valence electrons. The van der Waals surface area contributed by atoms with Crippen molar-refractivity contribution in [2.75, 3.05) is 13.2 Å². The van der Waals surface area contributed by atoms with Crippen molar-refractivity contribution < 1.29 is 14.3 Å². The SMILES string of the molecule is CCN1C(=O)CO[C@H](C(N)=O)[C@H]1c1ccccc1. The van der Waals surface area contributed by atoms with Crippen LogP contribution in [-0.4, -0.2) is 36.0 Å². The van der Waals surface area contributed by atoms with E-state index in [-0.39, 0.29) is 12.5 Å². The van der Waals surface area contributed by atoms with E-state index < -0.39 is 18.1 Å². The standard InChI is InChI=1S/C13H16N2O3/c1-2-15-10(16)8-18-12(13(14)17)11(15)9-6-4-3-5-7-9/h3-7,11-12H,2,8H2,1H3,(H2,14,17)/t11-,12+/m1/s1. The van der Waals surface area contributed by atoms with Crippen molar-refractivity contribution in [1.82, 2.24) is 4.90 Å². The van der Waals surface area contributed by atoms with Crippen LogP contribution in [0.1, 0.15) is 18.5 Å². The van der Waals surface area contributed by atoms with Crippen LogP contribution < -0.4 is 5.73 Å². The number of hydrogen-bond acceptors (Lipinski definition) is 3. The first-order valence-corrected chi connectivity index (χ1v) is 5.90. The Hall–Kier alpha value is -1.88. The Balaban J connectivity index is 2.40. The van der Waals surface area contributed by atoms with Crippen LogP contribution in [0.3, 0.4) is 0 Å². The molecule has 2 atom stereocenters. The smallest absolute Gasteiger partial charge is 0.249 e. The quantitative estimate of drug-likeness (QED) is 0.844. The lowest BCUT2D eigenvalue weighted by atomic mass is 9.97. The number of carbonyl (C=O) groups is 2. The van der Waals surface area contributed by atoms with Crippen molar-refractivity contribution >= 4 is 11.8 Å². The van der Waals surface area contributed by atoms with Gasteiger partial charge in [0, 0.05) is 6.54 Å². The summed E-state index contributed by atoms with van der Waals surface area (Å²) in [6.07, 6.45) is -0.787. The number of nitrogens with two attached hydrogens (primary N) is 1. The number of ether oxygens (including phenoxy) is 1. The van der Waals surface area contributed by atoms with Crippen LogP contribution in [0.25, 0.3) is 0 Å². The Bertz CT molecular complexity index is 445. The maximum atomic E-state index is 11.8. The Kier molecular flexibility index (Phi) is 3.62. The highest BCUT2D eigenvalue weighted by Crippen LogP contribution is 2.29. The highest BCUT2D eigenvalue weighted by molar-refractivity contribution is 5.85. The third-order valence-corrected chi connectivity index (χ3v) is 3.09. The maximum absolute atomic E-state index is 11.8. The van der Waals surface area contributed by atoms with E-state index >= 15 is 0 Å². The number of hydrogen-bond donors (Lipinski definition) is 1. The predicted molar refractivity (Wildman–Crippen MR) is 65.5 cm³/mol. The van der Waals surface area contributed by atoms with Gasteiger partial charge in [-0.2, -0.15) is 0 Å². The van der Waals surface area contributed by atoms with E-state index in [0.29, 0.717) is 6.54 Å². The van der Waals surface area contributed by atoms with Gasteiger partial charge in [0.2, 0.25) is 11.8 Å². The Labute approximate surface area is 106 Å². The summed E-state index contributed by atoms with van der Waals surface area (Å²) in [4.78, 5) is 24.9. The molecular formula is C13H16N2O3. The minimum absolute atomic E-state index is 0.0925. The summed E-state index contributed by atoms with van der Waals surface area (Å²) in [5.74, 6) is -0.668. The summed E-state index contributed by atoms with van der Waals surface area (Å²) in [7, 11) is 0. The van der Waals surface area contributed by atoms with Crippen LogP contribution in [-0.2, 0) is 14.3 Å². The van der Waals surface area contributed by atoms with E-state index in [1.54, 1.807) is 4.90 Å². The van der Waals surface area contributed by atoms with Gasteiger partial charge in [-0.25, -0.2) is 0 Å². The minimum Gasteiger partial charge on any atom is -0.367 e. The van der Waals surface area contributed by atoms with Crippen molar-refractivity contribution in [3.63, 3.8) is 0 Å². The maximum Gasteiger partial charge on any atom is 0.249 e. The molecule has 1 heterocycles. The van der Waals surface area contributed by atoms with Crippen molar-refractivity contribution in [2.24, 2.45) is 5.73 Å². The van der Waals surface area contributed by atoms with Gasteiger partial charge in [0.15, 0.2) is 6.10 Å². The van der Waals surface area contributed by atoms with Gasteiger partial charge in [0.25, 0.3) is 0 Å². The number of nitrogens with zero attached hydrogens (tertiary/aromatic N) is 1. The molecule has 1 fully saturated rings. The molecular weight excluding hydrogens is 232 g/mol. The molecule has 0 unspecified atom stereocenters. The topological polar surface area (TPSA) is 72.6 Å². The lowest BCUT2D eigenvalue weighted by Crippen LogP contribution is -2.53. The highest BCUT2D eigenvalue weighted by Gasteiger charge is 2.39. The van der Waals surface area contributed by atoms with Crippen LogP contribution in [0.4, 0.5) is 0 Å². The van der Waals surface area contributed by atoms with Gasteiger partial charge in [-0.15, -0.1) is 0 Å². The molecule has 0 bridgehead atoms. The summed E-state index contributed by atoms with van der Waals surface area (Å²) in [5.41, 5.74) is 6.21. The molecule has 1 aliphatic rings. The predicted octanol–water partition coefficient (Wildman–Crippen LogP) is 0.460. The summed E-state index contributed by atoms with van der Waals surface area (Å²) < 4.78 is 5.29. The molecule has 1 aromatic rings. The van der Waals surface area contributed by atoms with Crippen molar-refractivity contribution in [2.45, 2.75) is 19.1 Å². The van der Waals surface area contributed by atoms with Gasteiger partial charge < -0.3 is 15.4 Å². The third kappa shape index (κ3) is 2.22. The lowest BCUT2D eigenvalue weighted by molar-refractivity contribution is -0.162. The number of carbonyl (C=O) groups excluding carboxylic acids is 2. The molecule has 0 aliphatic carbocycles. The zero-order chi connectivity index (χ0) is 13.1. The first kappa shape index (κ1) is 12.6. The third-order valence-electron chi connectivity index (χ3n) is 3.09. The molecule has 0 aromatic heterocycles. The number of benzene rings is 1. The fraction of sp³-hybridized carbons (Fsp3) is 0.385. The van der Waals surface area contributed by atoms with Gasteiger partial charge in [0.05, 0.1) is 6.04 Å². The number of primary amides is 1. The fourth-order valence-corrected chi connectivity index (χ4v) is 2.27. The van der Waals surface area contributed by atoms with Gasteiger partial charge in [-0.3, -0.25) is 9.59 Å². The highest BCUT2D eigenvalue weighted by atomic mass is 16.5. The second-order valence-electron chi connectivity index (χ2n) is 4.17. The molecule has 0 radical (unpaired) electrons. The summed E-state index contributed by atoms with van der Waals surface area (Å²) in [5, 5.41) is 0. The largest absolute Gasteiger partial charge is 0.367 e. The molecule has 1 aliphatic heterocycles. The van der Waals surface area contributed by atoms with Crippen LogP contribution in [0, 0.1) is 0 Å². The normalized spacial score (nSPS) is 24.1. The van der Waals surface area contributed by atoms with Gasteiger partial charge in [-0.1, -0.05) is 30.3 Å².